The Labute approximate surface area is 267 Å². The summed E-state index contributed by atoms with van der Waals surface area (Å²) in [4.78, 5) is 43.2. The van der Waals surface area contributed by atoms with Crippen molar-refractivity contribution in [3.8, 4) is 17.2 Å². The summed E-state index contributed by atoms with van der Waals surface area (Å²) >= 11 is 6.47. The van der Waals surface area contributed by atoms with Gasteiger partial charge in [0.05, 0.1) is 39.8 Å². The molecule has 2 amide bonds. The molecule has 1 aliphatic heterocycles. The van der Waals surface area contributed by atoms with Gasteiger partial charge in [0.25, 0.3) is 0 Å². The van der Waals surface area contributed by atoms with Crippen LogP contribution < -0.4 is 24.4 Å². The zero-order chi connectivity index (χ0) is 32.7. The van der Waals surface area contributed by atoms with Gasteiger partial charge in [0, 0.05) is 35.3 Å². The molecule has 15 heteroatoms. The molecule has 0 aliphatic carbocycles. The average Bonchev–Trinajstić information content (AvgIpc) is 3.77. The van der Waals surface area contributed by atoms with Crippen LogP contribution in [0.1, 0.15) is 17.2 Å². The number of nitro groups is 1. The van der Waals surface area contributed by atoms with Gasteiger partial charge in [0.15, 0.2) is 23.8 Å². The number of carbonyl (C=O) groups excluding carboxylic acids is 2. The second kappa shape index (κ2) is 12.1. The number of aromatic nitrogens is 3. The molecule has 1 aliphatic rings. The van der Waals surface area contributed by atoms with Crippen LogP contribution in [0.15, 0.2) is 54.9 Å². The largest absolute Gasteiger partial charge is 0.493 e. The lowest BCUT2D eigenvalue weighted by Gasteiger charge is -2.21. The molecule has 3 heterocycles. The molecule has 238 valence electrons. The smallest absolute Gasteiger partial charge is 0.434 e. The number of alkyl halides is 1. The molecular formula is C31H29ClN6O8. The Morgan fingerprint density at radius 3 is 2.48 bits per heavy atom. The molecule has 46 heavy (non-hydrogen) atoms. The van der Waals surface area contributed by atoms with E-state index in [-0.39, 0.29) is 30.4 Å². The van der Waals surface area contributed by atoms with Crippen molar-refractivity contribution in [1.82, 2.24) is 14.1 Å². The first-order chi connectivity index (χ1) is 22.2. The summed E-state index contributed by atoms with van der Waals surface area (Å²) in [6, 6.07) is 12.4. The fourth-order valence-corrected chi connectivity index (χ4v) is 6.19. The maximum atomic E-state index is 14.3. The second-order valence-corrected chi connectivity index (χ2v) is 10.8. The number of hydrogen-bond donors (Lipinski definition) is 1. The molecule has 1 N–H and O–H groups in total. The Balaban J connectivity index is 1.38. The number of imidazole rings is 1. The lowest BCUT2D eigenvalue weighted by molar-refractivity contribution is -0.396. The van der Waals surface area contributed by atoms with E-state index in [4.69, 9.17) is 30.5 Å². The minimum atomic E-state index is -0.791. The summed E-state index contributed by atoms with van der Waals surface area (Å²) in [5.41, 5.74) is 2.70. The number of carbonyl (C=O) groups is 2. The molecule has 1 unspecified atom stereocenters. The molecular weight excluding hydrogens is 620 g/mol. The first-order valence-electron chi connectivity index (χ1n) is 14.0. The molecule has 1 atom stereocenters. The van der Waals surface area contributed by atoms with Gasteiger partial charge in [-0.15, -0.1) is 11.6 Å². The van der Waals surface area contributed by atoms with Gasteiger partial charge in [-0.2, -0.15) is 0 Å². The number of fused-ring (bicyclic) bond motifs is 4. The van der Waals surface area contributed by atoms with Gasteiger partial charge in [0.2, 0.25) is 5.75 Å². The maximum absolute atomic E-state index is 14.3. The molecule has 0 bridgehead atoms. The first-order valence-corrected chi connectivity index (χ1v) is 14.6. The van der Waals surface area contributed by atoms with Gasteiger partial charge >= 0.3 is 18.1 Å². The minimum absolute atomic E-state index is 0.189. The van der Waals surface area contributed by atoms with Gasteiger partial charge in [-0.1, -0.05) is 29.2 Å². The summed E-state index contributed by atoms with van der Waals surface area (Å²) in [7, 11) is 5.97. The lowest BCUT2D eigenvalue weighted by atomic mass is 9.95. The number of benzene rings is 3. The van der Waals surface area contributed by atoms with E-state index in [2.05, 4.69) is 10.3 Å². The van der Waals surface area contributed by atoms with Crippen LogP contribution in [0.5, 0.6) is 17.2 Å². The zero-order valence-electron chi connectivity index (χ0n) is 25.3. The predicted octanol–water partition coefficient (Wildman–Crippen LogP) is 6.02. The quantitative estimate of drug-likeness (QED) is 0.121. The number of amides is 2. The normalized spacial score (nSPS) is 13.9. The molecule has 0 spiro atoms. The van der Waals surface area contributed by atoms with Gasteiger partial charge in [-0.25, -0.2) is 14.2 Å². The van der Waals surface area contributed by atoms with Crippen LogP contribution in [-0.2, 0) is 18.4 Å². The van der Waals surface area contributed by atoms with E-state index in [1.165, 1.54) is 43.7 Å². The van der Waals surface area contributed by atoms with Crippen molar-refractivity contribution >= 4 is 62.7 Å². The molecule has 5 aromatic rings. The first kappa shape index (κ1) is 30.5. The van der Waals surface area contributed by atoms with Crippen LogP contribution in [0.3, 0.4) is 0 Å². The van der Waals surface area contributed by atoms with E-state index in [1.54, 1.807) is 29.3 Å². The monoisotopic (exact) mass is 648 g/mol. The summed E-state index contributed by atoms with van der Waals surface area (Å²) in [6.07, 6.45) is 2.14. The zero-order valence-corrected chi connectivity index (χ0v) is 26.0. The molecule has 0 fully saturated rings. The number of nitrogens with zero attached hydrogens (tertiary/aromatic N) is 5. The Bertz CT molecular complexity index is 2020. The van der Waals surface area contributed by atoms with Crippen molar-refractivity contribution < 1.29 is 33.5 Å². The van der Waals surface area contributed by atoms with Crippen molar-refractivity contribution in [2.75, 3.05) is 44.0 Å². The van der Waals surface area contributed by atoms with Crippen molar-refractivity contribution in [2.45, 2.75) is 12.5 Å². The topological polar surface area (TPSA) is 152 Å². The van der Waals surface area contributed by atoms with Crippen molar-refractivity contribution in [3.05, 3.63) is 76.2 Å². The van der Waals surface area contributed by atoms with Crippen LogP contribution in [0, 0.1) is 10.1 Å². The van der Waals surface area contributed by atoms with E-state index in [1.807, 2.05) is 24.3 Å². The summed E-state index contributed by atoms with van der Waals surface area (Å²) in [5.74, 6) is 0.848. The lowest BCUT2D eigenvalue weighted by Crippen LogP contribution is -2.33. The Morgan fingerprint density at radius 1 is 1.09 bits per heavy atom. The SMILES string of the molecule is COc1cc2ccn(C(=O)N3CC(CCl)c4c3cc(NC(=O)OCc3cnc([N+](=O)[O-])n3C)c3ccccc43)c2c(OC)c1OC. The van der Waals surface area contributed by atoms with Crippen LogP contribution in [0.4, 0.5) is 26.9 Å². The van der Waals surface area contributed by atoms with Crippen molar-refractivity contribution in [1.29, 1.82) is 0 Å². The molecule has 0 saturated heterocycles. The number of nitrogens with one attached hydrogen (secondary N) is 1. The third-order valence-electron chi connectivity index (χ3n) is 8.08. The molecule has 14 nitrogen and oxygen atoms in total. The van der Waals surface area contributed by atoms with E-state index < -0.39 is 11.0 Å². The highest BCUT2D eigenvalue weighted by Gasteiger charge is 2.36. The molecule has 3 aromatic carbocycles. The third-order valence-corrected chi connectivity index (χ3v) is 8.45. The highest BCUT2D eigenvalue weighted by atomic mass is 35.5. The van der Waals surface area contributed by atoms with Crippen molar-refractivity contribution in [2.24, 2.45) is 7.05 Å². The van der Waals surface area contributed by atoms with Crippen LogP contribution in [-0.4, -0.2) is 64.9 Å². The fraction of sp³-hybridized carbons (Fsp3) is 0.258. The van der Waals surface area contributed by atoms with E-state index in [0.29, 0.717) is 51.8 Å². The number of ether oxygens (including phenoxy) is 4. The van der Waals surface area contributed by atoms with Gasteiger partial charge in [-0.05, 0) is 34.1 Å². The second-order valence-electron chi connectivity index (χ2n) is 10.5. The molecule has 2 aromatic heterocycles. The van der Waals surface area contributed by atoms with Crippen LogP contribution in [0.2, 0.25) is 0 Å². The van der Waals surface area contributed by atoms with Crippen LogP contribution in [0.25, 0.3) is 21.7 Å². The number of hydrogen-bond acceptors (Lipinski definition) is 9. The average molecular weight is 649 g/mol. The molecule has 6 rings (SSSR count). The number of rotatable bonds is 8. The third kappa shape index (κ3) is 4.96. The van der Waals surface area contributed by atoms with E-state index >= 15 is 0 Å². The fourth-order valence-electron chi connectivity index (χ4n) is 5.93. The highest BCUT2D eigenvalue weighted by molar-refractivity contribution is 6.19. The molecule has 0 radical (unpaired) electrons. The van der Waals surface area contributed by atoms with E-state index in [0.717, 1.165) is 16.3 Å². The minimum Gasteiger partial charge on any atom is -0.493 e. The van der Waals surface area contributed by atoms with Crippen LogP contribution >= 0.6 is 11.6 Å². The Morgan fingerprint density at radius 2 is 1.83 bits per heavy atom. The number of anilines is 2. The van der Waals surface area contributed by atoms with Gasteiger partial charge in [-0.3, -0.25) is 14.8 Å². The van der Waals surface area contributed by atoms with Gasteiger partial charge < -0.3 is 29.1 Å². The summed E-state index contributed by atoms with van der Waals surface area (Å²) in [6.45, 7) is 0.0475. The van der Waals surface area contributed by atoms with Crippen molar-refractivity contribution in [3.63, 3.8) is 0 Å². The maximum Gasteiger partial charge on any atom is 0.434 e. The number of halogens is 1. The highest BCUT2D eigenvalue weighted by Crippen LogP contribution is 2.47. The Kier molecular flexibility index (Phi) is 8.04. The van der Waals surface area contributed by atoms with E-state index in [9.17, 15) is 19.7 Å². The molecule has 0 saturated carbocycles. The number of methoxy groups -OCH3 is 3. The van der Waals surface area contributed by atoms with Gasteiger partial charge in [0.1, 0.15) is 11.7 Å². The Hall–Kier alpha value is -5.50. The summed E-state index contributed by atoms with van der Waals surface area (Å²) < 4.78 is 24.8. The predicted molar refractivity (Wildman–Crippen MR) is 171 cm³/mol. The standard InChI is InChI=1S/C31H29ClN6O8/c1-35-19(14-33-29(35)38(41)42)16-46-30(39)34-22-12-23-25(21-8-6-5-7-20(21)22)18(13-32)15-37(23)31(40)36-10-9-17-11-24(43-2)27(44-3)28(45-4)26(17)36/h5-12,14,18H,13,15-16H2,1-4H3,(H,34,39). The summed E-state index contributed by atoms with van der Waals surface area (Å²) in [5, 5.41) is 16.2.